The first-order valence-electron chi connectivity index (χ1n) is 6.29. The van der Waals surface area contributed by atoms with Crippen LogP contribution in [0.1, 0.15) is 47.0 Å². The van der Waals surface area contributed by atoms with Crippen LogP contribution in [-0.2, 0) is 14.3 Å². The SMILES string of the molecule is CC.CC1(C)COC2(CCC(C=O)C2)OC1. The largest absolute Gasteiger partial charge is 0.349 e. The van der Waals surface area contributed by atoms with Crippen molar-refractivity contribution >= 4 is 6.29 Å². The molecule has 3 nitrogen and oxygen atoms in total. The number of hydrogen-bond donors (Lipinski definition) is 0. The van der Waals surface area contributed by atoms with Crippen LogP contribution in [0.4, 0.5) is 0 Å². The topological polar surface area (TPSA) is 35.5 Å². The Morgan fingerprint density at radius 3 is 2.19 bits per heavy atom. The van der Waals surface area contributed by atoms with E-state index in [9.17, 15) is 4.79 Å². The molecule has 0 aromatic heterocycles. The van der Waals surface area contributed by atoms with E-state index in [1.165, 1.54) is 0 Å². The predicted molar refractivity (Wildman–Crippen MR) is 63.2 cm³/mol. The van der Waals surface area contributed by atoms with Gasteiger partial charge in [-0.25, -0.2) is 0 Å². The van der Waals surface area contributed by atoms with Gasteiger partial charge in [-0.05, 0) is 6.42 Å². The van der Waals surface area contributed by atoms with Crippen molar-refractivity contribution in [2.75, 3.05) is 13.2 Å². The summed E-state index contributed by atoms with van der Waals surface area (Å²) in [5, 5.41) is 0. The summed E-state index contributed by atoms with van der Waals surface area (Å²) in [7, 11) is 0. The van der Waals surface area contributed by atoms with Crippen LogP contribution >= 0.6 is 0 Å². The van der Waals surface area contributed by atoms with E-state index >= 15 is 0 Å². The van der Waals surface area contributed by atoms with Gasteiger partial charge in [0.15, 0.2) is 5.79 Å². The number of carbonyl (C=O) groups excluding carboxylic acids is 1. The van der Waals surface area contributed by atoms with Gasteiger partial charge >= 0.3 is 0 Å². The fourth-order valence-electron chi connectivity index (χ4n) is 2.12. The van der Waals surface area contributed by atoms with E-state index in [4.69, 9.17) is 9.47 Å². The molecule has 2 rings (SSSR count). The molecule has 1 aliphatic carbocycles. The lowest BCUT2D eigenvalue weighted by atomic mass is 9.94. The van der Waals surface area contributed by atoms with Crippen LogP contribution in [-0.4, -0.2) is 25.3 Å². The van der Waals surface area contributed by atoms with E-state index in [1.54, 1.807) is 0 Å². The Morgan fingerprint density at radius 2 is 1.75 bits per heavy atom. The maximum absolute atomic E-state index is 10.6. The number of hydrogen-bond acceptors (Lipinski definition) is 3. The van der Waals surface area contributed by atoms with Gasteiger partial charge in [0.25, 0.3) is 0 Å². The van der Waals surface area contributed by atoms with Crippen LogP contribution in [0, 0.1) is 11.3 Å². The standard InChI is InChI=1S/C11H18O3.C2H6/c1-10(2)7-13-11(14-8-10)4-3-9(5-11)6-12;1-2/h6,9H,3-5,7-8H2,1-2H3;1-2H3. The maximum atomic E-state index is 10.6. The molecule has 94 valence electrons. The van der Waals surface area contributed by atoms with Crippen molar-refractivity contribution in [1.29, 1.82) is 0 Å². The van der Waals surface area contributed by atoms with E-state index in [-0.39, 0.29) is 11.3 Å². The van der Waals surface area contributed by atoms with Crippen molar-refractivity contribution in [1.82, 2.24) is 0 Å². The summed E-state index contributed by atoms with van der Waals surface area (Å²) in [6.07, 6.45) is 3.55. The van der Waals surface area contributed by atoms with Crippen LogP contribution in [0.5, 0.6) is 0 Å². The van der Waals surface area contributed by atoms with Gasteiger partial charge in [0.05, 0.1) is 13.2 Å². The Balaban J connectivity index is 0.000000606. The van der Waals surface area contributed by atoms with Gasteiger partial charge in [0.1, 0.15) is 6.29 Å². The van der Waals surface area contributed by atoms with Crippen molar-refractivity contribution in [2.45, 2.75) is 52.7 Å². The average molecular weight is 228 g/mol. The zero-order valence-corrected chi connectivity index (χ0v) is 10.9. The fourth-order valence-corrected chi connectivity index (χ4v) is 2.12. The Kier molecular flexibility index (Phi) is 4.51. The maximum Gasteiger partial charge on any atom is 0.169 e. The lowest BCUT2D eigenvalue weighted by Gasteiger charge is -2.41. The molecule has 0 aromatic rings. The molecule has 0 amide bonds. The smallest absolute Gasteiger partial charge is 0.169 e. The summed E-state index contributed by atoms with van der Waals surface area (Å²) in [6, 6.07) is 0. The van der Waals surface area contributed by atoms with E-state index < -0.39 is 5.79 Å². The van der Waals surface area contributed by atoms with E-state index in [0.717, 1.165) is 38.8 Å². The molecule has 16 heavy (non-hydrogen) atoms. The highest BCUT2D eigenvalue weighted by Crippen LogP contribution is 2.42. The lowest BCUT2D eigenvalue weighted by Crippen LogP contribution is -2.46. The van der Waals surface area contributed by atoms with Crippen LogP contribution in [0.2, 0.25) is 0 Å². The second-order valence-electron chi connectivity index (χ2n) is 5.29. The van der Waals surface area contributed by atoms with Crippen LogP contribution in [0.3, 0.4) is 0 Å². The predicted octanol–water partition coefficient (Wildman–Crippen LogP) is 2.78. The molecule has 0 N–H and O–H groups in total. The number of rotatable bonds is 1. The third-order valence-corrected chi connectivity index (χ3v) is 3.11. The summed E-state index contributed by atoms with van der Waals surface area (Å²) < 4.78 is 11.6. The molecular formula is C13H24O3. The Bertz CT molecular complexity index is 225. The van der Waals surface area contributed by atoms with Gasteiger partial charge in [-0.1, -0.05) is 27.7 Å². The zero-order chi connectivity index (χ0) is 12.2. The number of carbonyl (C=O) groups is 1. The molecule has 2 aliphatic rings. The molecule has 1 saturated carbocycles. The molecule has 1 saturated heterocycles. The summed E-state index contributed by atoms with van der Waals surface area (Å²) in [4.78, 5) is 10.6. The van der Waals surface area contributed by atoms with Crippen molar-refractivity contribution in [3.63, 3.8) is 0 Å². The minimum atomic E-state index is -0.429. The van der Waals surface area contributed by atoms with Crippen molar-refractivity contribution in [3.05, 3.63) is 0 Å². The summed E-state index contributed by atoms with van der Waals surface area (Å²) in [5.41, 5.74) is 0.116. The van der Waals surface area contributed by atoms with Gasteiger partial charge < -0.3 is 14.3 Å². The molecule has 1 spiro atoms. The first-order chi connectivity index (χ1) is 7.55. The minimum absolute atomic E-state index is 0.116. The van der Waals surface area contributed by atoms with Gasteiger partial charge in [-0.15, -0.1) is 0 Å². The molecule has 2 fully saturated rings. The Morgan fingerprint density at radius 1 is 1.19 bits per heavy atom. The summed E-state index contributed by atoms with van der Waals surface area (Å²) >= 11 is 0. The van der Waals surface area contributed by atoms with E-state index in [1.807, 2.05) is 13.8 Å². The van der Waals surface area contributed by atoms with Crippen molar-refractivity contribution in [2.24, 2.45) is 11.3 Å². The highest BCUT2D eigenvalue weighted by Gasteiger charge is 2.45. The Labute approximate surface area is 98.5 Å². The molecule has 1 unspecified atom stereocenters. The van der Waals surface area contributed by atoms with Gasteiger partial charge in [-0.2, -0.15) is 0 Å². The number of ether oxygens (including phenoxy) is 2. The molecule has 1 atom stereocenters. The second-order valence-corrected chi connectivity index (χ2v) is 5.29. The van der Waals surface area contributed by atoms with Gasteiger partial charge in [-0.3, -0.25) is 0 Å². The minimum Gasteiger partial charge on any atom is -0.349 e. The van der Waals surface area contributed by atoms with Crippen LogP contribution in [0.15, 0.2) is 0 Å². The van der Waals surface area contributed by atoms with Crippen molar-refractivity contribution in [3.8, 4) is 0 Å². The highest BCUT2D eigenvalue weighted by atomic mass is 16.7. The quantitative estimate of drug-likeness (QED) is 0.647. The first-order valence-corrected chi connectivity index (χ1v) is 6.29. The lowest BCUT2D eigenvalue weighted by molar-refractivity contribution is -0.295. The third-order valence-electron chi connectivity index (χ3n) is 3.11. The Hall–Kier alpha value is -0.410. The normalized spacial score (nSPS) is 30.6. The van der Waals surface area contributed by atoms with Gasteiger partial charge in [0.2, 0.25) is 0 Å². The monoisotopic (exact) mass is 228 g/mol. The number of aldehydes is 1. The summed E-state index contributed by atoms with van der Waals surface area (Å²) in [5.74, 6) is -0.294. The van der Waals surface area contributed by atoms with Gasteiger partial charge in [0, 0.05) is 24.2 Å². The average Bonchev–Trinajstić information content (AvgIpc) is 2.70. The molecule has 1 aliphatic heterocycles. The van der Waals surface area contributed by atoms with Crippen LogP contribution in [0.25, 0.3) is 0 Å². The zero-order valence-electron chi connectivity index (χ0n) is 10.9. The highest BCUT2D eigenvalue weighted by molar-refractivity contribution is 5.54. The summed E-state index contributed by atoms with van der Waals surface area (Å²) in [6.45, 7) is 9.73. The van der Waals surface area contributed by atoms with Crippen LogP contribution < -0.4 is 0 Å². The van der Waals surface area contributed by atoms with E-state index in [0.29, 0.717) is 0 Å². The van der Waals surface area contributed by atoms with E-state index in [2.05, 4.69) is 13.8 Å². The first kappa shape index (κ1) is 13.7. The van der Waals surface area contributed by atoms with Crippen molar-refractivity contribution < 1.29 is 14.3 Å². The molecular weight excluding hydrogens is 204 g/mol. The molecule has 0 aromatic carbocycles. The third kappa shape index (κ3) is 3.05. The second kappa shape index (κ2) is 5.28. The molecule has 1 heterocycles. The fraction of sp³-hybridized carbons (Fsp3) is 0.923. The molecule has 0 bridgehead atoms. The molecule has 3 heteroatoms. The molecule has 0 radical (unpaired) electrons.